The number of aromatic hydroxyl groups is 2. The Morgan fingerprint density at radius 3 is 2.44 bits per heavy atom. The first kappa shape index (κ1) is 12.8. The van der Waals surface area contributed by atoms with E-state index in [2.05, 4.69) is 5.32 Å². The van der Waals surface area contributed by atoms with Crippen LogP contribution in [0.5, 0.6) is 11.5 Å². The van der Waals surface area contributed by atoms with Crippen LogP contribution in [0.4, 0.5) is 0 Å². The summed E-state index contributed by atoms with van der Waals surface area (Å²) in [6, 6.07) is 4.75. The number of ether oxygens (including phenoxy) is 1. The molecule has 0 saturated carbocycles. The summed E-state index contributed by atoms with van der Waals surface area (Å²) >= 11 is 0. The van der Waals surface area contributed by atoms with Gasteiger partial charge in [-0.3, -0.25) is 0 Å². The highest BCUT2D eigenvalue weighted by molar-refractivity contribution is 5.41. The Bertz CT molecular complexity index is 339. The molecule has 0 bridgehead atoms. The van der Waals surface area contributed by atoms with E-state index in [1.54, 1.807) is 6.07 Å². The van der Waals surface area contributed by atoms with Crippen LogP contribution in [0.3, 0.4) is 0 Å². The number of benzene rings is 1. The lowest BCUT2D eigenvalue weighted by Gasteiger charge is -2.20. The van der Waals surface area contributed by atoms with Gasteiger partial charge in [0, 0.05) is 6.54 Å². The Kier molecular flexibility index (Phi) is 4.58. The van der Waals surface area contributed by atoms with Gasteiger partial charge in [0.2, 0.25) is 0 Å². The largest absolute Gasteiger partial charge is 0.504 e. The Morgan fingerprint density at radius 2 is 1.94 bits per heavy atom. The van der Waals surface area contributed by atoms with Crippen LogP contribution in [0, 0.1) is 0 Å². The standard InChI is InChI=1S/C12H19NO3/c1-8(2)16-12(7-13-3)9-4-5-10(14)11(15)6-9/h4-6,8,12-15H,7H2,1-3H3. The molecule has 0 aromatic heterocycles. The van der Waals surface area contributed by atoms with Crippen molar-refractivity contribution in [1.29, 1.82) is 0 Å². The summed E-state index contributed by atoms with van der Waals surface area (Å²) in [7, 11) is 1.84. The van der Waals surface area contributed by atoms with E-state index >= 15 is 0 Å². The zero-order valence-electron chi connectivity index (χ0n) is 9.90. The molecule has 16 heavy (non-hydrogen) atoms. The van der Waals surface area contributed by atoms with Gasteiger partial charge in [-0.15, -0.1) is 0 Å². The van der Waals surface area contributed by atoms with Crippen LogP contribution in [0.25, 0.3) is 0 Å². The Balaban J connectivity index is 2.87. The van der Waals surface area contributed by atoms with Gasteiger partial charge in [0.05, 0.1) is 12.2 Å². The number of phenolic OH excluding ortho intramolecular Hbond substituents is 2. The van der Waals surface area contributed by atoms with Crippen molar-refractivity contribution in [3.8, 4) is 11.5 Å². The van der Waals surface area contributed by atoms with Crippen molar-refractivity contribution in [2.24, 2.45) is 0 Å². The van der Waals surface area contributed by atoms with Gasteiger partial charge in [-0.2, -0.15) is 0 Å². The molecule has 0 aliphatic heterocycles. The van der Waals surface area contributed by atoms with Crippen molar-refractivity contribution in [3.63, 3.8) is 0 Å². The van der Waals surface area contributed by atoms with Crippen LogP contribution in [0.15, 0.2) is 18.2 Å². The third-order valence-corrected chi connectivity index (χ3v) is 2.20. The second-order valence-electron chi connectivity index (χ2n) is 3.98. The third-order valence-electron chi connectivity index (χ3n) is 2.20. The molecular weight excluding hydrogens is 206 g/mol. The van der Waals surface area contributed by atoms with Crippen molar-refractivity contribution in [2.75, 3.05) is 13.6 Å². The molecule has 4 nitrogen and oxygen atoms in total. The van der Waals surface area contributed by atoms with Crippen molar-refractivity contribution in [1.82, 2.24) is 5.32 Å². The molecule has 1 aromatic rings. The average molecular weight is 225 g/mol. The van der Waals surface area contributed by atoms with Gasteiger partial charge in [0.1, 0.15) is 0 Å². The van der Waals surface area contributed by atoms with Gasteiger partial charge < -0.3 is 20.3 Å². The molecule has 90 valence electrons. The molecule has 0 fully saturated rings. The fraction of sp³-hybridized carbons (Fsp3) is 0.500. The van der Waals surface area contributed by atoms with E-state index < -0.39 is 0 Å². The van der Waals surface area contributed by atoms with Crippen molar-refractivity contribution < 1.29 is 14.9 Å². The van der Waals surface area contributed by atoms with E-state index in [0.717, 1.165) is 5.56 Å². The third kappa shape index (κ3) is 3.40. The number of nitrogens with one attached hydrogen (secondary N) is 1. The summed E-state index contributed by atoms with van der Waals surface area (Å²) in [6.07, 6.45) is -0.0224. The number of phenols is 2. The van der Waals surface area contributed by atoms with E-state index in [0.29, 0.717) is 6.54 Å². The maximum absolute atomic E-state index is 9.43. The van der Waals surface area contributed by atoms with Gasteiger partial charge in [0.15, 0.2) is 11.5 Å². The minimum absolute atomic E-state index is 0.106. The highest BCUT2D eigenvalue weighted by Crippen LogP contribution is 2.29. The summed E-state index contributed by atoms with van der Waals surface area (Å²) < 4.78 is 5.72. The highest BCUT2D eigenvalue weighted by atomic mass is 16.5. The highest BCUT2D eigenvalue weighted by Gasteiger charge is 2.14. The number of hydrogen-bond donors (Lipinski definition) is 3. The summed E-state index contributed by atoms with van der Waals surface area (Å²) in [5.41, 5.74) is 0.846. The maximum atomic E-state index is 9.43. The summed E-state index contributed by atoms with van der Waals surface area (Å²) in [6.45, 7) is 4.58. The molecule has 0 heterocycles. The zero-order chi connectivity index (χ0) is 12.1. The lowest BCUT2D eigenvalue weighted by molar-refractivity contribution is 0.00801. The number of likely N-dealkylation sites (N-methyl/N-ethyl adjacent to an activating group) is 1. The molecule has 0 saturated heterocycles. The molecular formula is C12H19NO3. The van der Waals surface area contributed by atoms with Gasteiger partial charge in [-0.1, -0.05) is 6.07 Å². The summed E-state index contributed by atoms with van der Waals surface area (Å²) in [5, 5.41) is 21.7. The normalized spacial score (nSPS) is 13.0. The lowest BCUT2D eigenvalue weighted by Crippen LogP contribution is -2.22. The minimum atomic E-state index is -0.128. The summed E-state index contributed by atoms with van der Waals surface area (Å²) in [4.78, 5) is 0. The fourth-order valence-corrected chi connectivity index (χ4v) is 1.50. The van der Waals surface area contributed by atoms with E-state index in [9.17, 15) is 10.2 Å². The zero-order valence-corrected chi connectivity index (χ0v) is 9.90. The van der Waals surface area contributed by atoms with Gasteiger partial charge in [-0.05, 0) is 38.6 Å². The van der Waals surface area contributed by atoms with Crippen LogP contribution in [0.2, 0.25) is 0 Å². The maximum Gasteiger partial charge on any atom is 0.157 e. The Morgan fingerprint density at radius 1 is 1.25 bits per heavy atom. The number of rotatable bonds is 5. The van der Waals surface area contributed by atoms with E-state index in [1.165, 1.54) is 12.1 Å². The van der Waals surface area contributed by atoms with Gasteiger partial charge >= 0.3 is 0 Å². The molecule has 0 amide bonds. The monoisotopic (exact) mass is 225 g/mol. The quantitative estimate of drug-likeness (QED) is 0.668. The fourth-order valence-electron chi connectivity index (χ4n) is 1.50. The van der Waals surface area contributed by atoms with E-state index in [-0.39, 0.29) is 23.7 Å². The van der Waals surface area contributed by atoms with Gasteiger partial charge in [0.25, 0.3) is 0 Å². The van der Waals surface area contributed by atoms with Crippen molar-refractivity contribution in [3.05, 3.63) is 23.8 Å². The topological polar surface area (TPSA) is 61.7 Å². The van der Waals surface area contributed by atoms with Crippen LogP contribution in [-0.2, 0) is 4.74 Å². The smallest absolute Gasteiger partial charge is 0.157 e. The molecule has 4 heteroatoms. The van der Waals surface area contributed by atoms with Gasteiger partial charge in [-0.25, -0.2) is 0 Å². The molecule has 0 radical (unpaired) electrons. The minimum Gasteiger partial charge on any atom is -0.504 e. The number of hydrogen-bond acceptors (Lipinski definition) is 4. The predicted octanol–water partition coefficient (Wildman–Crippen LogP) is 1.78. The molecule has 1 unspecified atom stereocenters. The predicted molar refractivity (Wildman–Crippen MR) is 62.7 cm³/mol. The summed E-state index contributed by atoms with van der Waals surface area (Å²) in [5.74, 6) is -0.234. The Labute approximate surface area is 95.9 Å². The molecule has 0 aliphatic carbocycles. The second-order valence-corrected chi connectivity index (χ2v) is 3.98. The van der Waals surface area contributed by atoms with Crippen LogP contribution in [-0.4, -0.2) is 29.9 Å². The van der Waals surface area contributed by atoms with Crippen LogP contribution >= 0.6 is 0 Å². The second kappa shape index (κ2) is 5.72. The first-order chi connectivity index (χ1) is 7.54. The van der Waals surface area contributed by atoms with Crippen molar-refractivity contribution >= 4 is 0 Å². The molecule has 1 aromatic carbocycles. The van der Waals surface area contributed by atoms with Crippen molar-refractivity contribution in [2.45, 2.75) is 26.1 Å². The SMILES string of the molecule is CNCC(OC(C)C)c1ccc(O)c(O)c1. The first-order valence-corrected chi connectivity index (χ1v) is 5.36. The molecule has 0 aliphatic rings. The van der Waals surface area contributed by atoms with E-state index in [4.69, 9.17) is 4.74 Å². The lowest BCUT2D eigenvalue weighted by atomic mass is 10.1. The molecule has 3 N–H and O–H groups in total. The average Bonchev–Trinajstić information content (AvgIpc) is 2.21. The molecule has 1 atom stereocenters. The van der Waals surface area contributed by atoms with Crippen LogP contribution < -0.4 is 5.32 Å². The molecule has 0 spiro atoms. The Hall–Kier alpha value is -1.26. The first-order valence-electron chi connectivity index (χ1n) is 5.36. The van der Waals surface area contributed by atoms with Crippen LogP contribution in [0.1, 0.15) is 25.5 Å². The molecule has 1 rings (SSSR count). The van der Waals surface area contributed by atoms with E-state index in [1.807, 2.05) is 20.9 Å².